The van der Waals surface area contributed by atoms with Crippen LogP contribution in [0.1, 0.15) is 82.3 Å². The first-order valence-electron chi connectivity index (χ1n) is 8.73. The highest BCUT2D eigenvalue weighted by molar-refractivity contribution is 5.41. The van der Waals surface area contributed by atoms with E-state index < -0.39 is 0 Å². The first-order valence-corrected chi connectivity index (χ1v) is 8.73. The molecule has 1 aromatic rings. The third-order valence-electron chi connectivity index (χ3n) is 5.83. The lowest BCUT2D eigenvalue weighted by molar-refractivity contribution is -0.147. The molecule has 112 valence electrons. The summed E-state index contributed by atoms with van der Waals surface area (Å²) in [5, 5.41) is 8.88. The summed E-state index contributed by atoms with van der Waals surface area (Å²) in [7, 11) is 0. The van der Waals surface area contributed by atoms with Gasteiger partial charge in [-0.05, 0) is 54.2 Å². The Morgan fingerprint density at radius 3 is 2.19 bits per heavy atom. The summed E-state index contributed by atoms with van der Waals surface area (Å²) in [6.07, 6.45) is 14.2. The largest absolute Gasteiger partial charge is 0.192 e. The van der Waals surface area contributed by atoms with E-state index in [0.29, 0.717) is 10.8 Å². The van der Waals surface area contributed by atoms with Crippen molar-refractivity contribution >= 4 is 0 Å². The highest BCUT2D eigenvalue weighted by Crippen LogP contribution is 2.75. The average molecular weight is 281 g/mol. The summed E-state index contributed by atoms with van der Waals surface area (Å²) in [6.45, 7) is 2.28. The fourth-order valence-corrected chi connectivity index (χ4v) is 4.75. The number of benzene rings is 1. The van der Waals surface area contributed by atoms with Crippen LogP contribution in [-0.4, -0.2) is 0 Å². The fourth-order valence-electron chi connectivity index (χ4n) is 4.75. The molecule has 0 heterocycles. The van der Waals surface area contributed by atoms with Gasteiger partial charge in [0.05, 0.1) is 11.6 Å². The molecule has 1 aromatic carbocycles. The van der Waals surface area contributed by atoms with Gasteiger partial charge < -0.3 is 0 Å². The topological polar surface area (TPSA) is 23.8 Å². The number of hydrogen-bond donors (Lipinski definition) is 0. The molecule has 0 radical (unpaired) electrons. The molecule has 0 atom stereocenters. The lowest BCUT2D eigenvalue weighted by Crippen LogP contribution is -2.64. The van der Waals surface area contributed by atoms with Gasteiger partial charge >= 0.3 is 0 Å². The lowest BCUT2D eigenvalue weighted by Gasteiger charge is -2.72. The molecule has 1 nitrogen and oxygen atoms in total. The van der Waals surface area contributed by atoms with E-state index in [1.54, 1.807) is 0 Å². The molecule has 4 rings (SSSR count). The summed E-state index contributed by atoms with van der Waals surface area (Å²) >= 11 is 0. The van der Waals surface area contributed by atoms with Crippen LogP contribution in [-0.2, 0) is 5.41 Å². The molecule has 0 spiro atoms. The summed E-state index contributed by atoms with van der Waals surface area (Å²) in [5.74, 6) is 0. The summed E-state index contributed by atoms with van der Waals surface area (Å²) in [4.78, 5) is 0. The zero-order valence-corrected chi connectivity index (χ0v) is 13.3. The zero-order valence-electron chi connectivity index (χ0n) is 13.3. The maximum Gasteiger partial charge on any atom is 0.0991 e. The lowest BCUT2D eigenvalue weighted by atomic mass is 9.32. The zero-order chi connectivity index (χ0) is 14.8. The van der Waals surface area contributed by atoms with Crippen LogP contribution in [0.25, 0.3) is 0 Å². The van der Waals surface area contributed by atoms with Crippen LogP contribution in [0.2, 0.25) is 0 Å². The van der Waals surface area contributed by atoms with Crippen LogP contribution >= 0.6 is 0 Å². The standard InChI is InChI=1S/C20H27N/c1-2-3-4-5-6-7-12-19-14-20(15-19,16-19)18-10-8-17(13-21)9-11-18/h8-11H,2-7,12,14-16H2,1H3. The molecule has 1 heteroatoms. The van der Waals surface area contributed by atoms with Gasteiger partial charge in [-0.1, -0.05) is 57.6 Å². The van der Waals surface area contributed by atoms with Crippen LogP contribution in [0.5, 0.6) is 0 Å². The molecule has 0 unspecified atom stereocenters. The molecule has 3 aliphatic rings. The second kappa shape index (κ2) is 5.84. The SMILES string of the molecule is CCCCCCCCC12CC(c3ccc(C#N)cc3)(C1)C2. The fraction of sp³-hybridized carbons (Fsp3) is 0.650. The van der Waals surface area contributed by atoms with E-state index in [1.165, 1.54) is 69.8 Å². The maximum absolute atomic E-state index is 8.88. The molecule has 0 aliphatic heterocycles. The van der Waals surface area contributed by atoms with Crippen molar-refractivity contribution in [2.45, 2.75) is 76.5 Å². The highest BCUT2D eigenvalue weighted by atomic mass is 14.7. The van der Waals surface area contributed by atoms with Crippen molar-refractivity contribution in [1.29, 1.82) is 5.26 Å². The van der Waals surface area contributed by atoms with Crippen molar-refractivity contribution in [3.63, 3.8) is 0 Å². The molecular formula is C20H27N. The molecule has 0 saturated heterocycles. The highest BCUT2D eigenvalue weighted by Gasteiger charge is 2.67. The van der Waals surface area contributed by atoms with Crippen LogP contribution in [0.15, 0.2) is 24.3 Å². The van der Waals surface area contributed by atoms with Crippen molar-refractivity contribution < 1.29 is 0 Å². The summed E-state index contributed by atoms with van der Waals surface area (Å²) in [6, 6.07) is 10.5. The molecular weight excluding hydrogens is 254 g/mol. The molecule has 3 saturated carbocycles. The molecule has 0 N–H and O–H groups in total. The Bertz CT molecular complexity index is 500. The number of hydrogen-bond acceptors (Lipinski definition) is 1. The predicted octanol–water partition coefficient (Wildman–Crippen LogP) is 5.73. The van der Waals surface area contributed by atoms with Crippen LogP contribution in [0.4, 0.5) is 0 Å². The first-order chi connectivity index (χ1) is 10.2. The molecule has 21 heavy (non-hydrogen) atoms. The normalized spacial score (nSPS) is 29.3. The maximum atomic E-state index is 8.88. The van der Waals surface area contributed by atoms with Gasteiger partial charge in [-0.25, -0.2) is 0 Å². The minimum Gasteiger partial charge on any atom is -0.192 e. The van der Waals surface area contributed by atoms with Crippen molar-refractivity contribution in [3.05, 3.63) is 35.4 Å². The number of unbranched alkanes of at least 4 members (excludes halogenated alkanes) is 5. The Morgan fingerprint density at radius 1 is 0.952 bits per heavy atom. The number of nitriles is 1. The van der Waals surface area contributed by atoms with Crippen molar-refractivity contribution in [1.82, 2.24) is 0 Å². The van der Waals surface area contributed by atoms with Gasteiger partial charge in [-0.2, -0.15) is 5.26 Å². The molecule has 2 bridgehead atoms. The van der Waals surface area contributed by atoms with E-state index in [2.05, 4.69) is 25.1 Å². The smallest absolute Gasteiger partial charge is 0.0991 e. The van der Waals surface area contributed by atoms with E-state index in [9.17, 15) is 0 Å². The Balaban J connectivity index is 1.41. The predicted molar refractivity (Wildman–Crippen MR) is 87.1 cm³/mol. The van der Waals surface area contributed by atoms with Crippen LogP contribution < -0.4 is 0 Å². The number of rotatable bonds is 8. The van der Waals surface area contributed by atoms with E-state index in [0.717, 1.165) is 5.56 Å². The second-order valence-electron chi connectivity index (χ2n) is 7.52. The molecule has 3 fully saturated rings. The van der Waals surface area contributed by atoms with Gasteiger partial charge in [0.2, 0.25) is 0 Å². The van der Waals surface area contributed by atoms with E-state index >= 15 is 0 Å². The van der Waals surface area contributed by atoms with Crippen molar-refractivity contribution in [3.8, 4) is 6.07 Å². The Hall–Kier alpha value is -1.29. The Kier molecular flexibility index (Phi) is 4.07. The van der Waals surface area contributed by atoms with E-state index in [4.69, 9.17) is 5.26 Å². The third-order valence-corrected chi connectivity index (χ3v) is 5.83. The first kappa shape index (κ1) is 14.6. The molecule has 3 aliphatic carbocycles. The van der Waals surface area contributed by atoms with Gasteiger partial charge in [0.25, 0.3) is 0 Å². The molecule has 0 amide bonds. The second-order valence-corrected chi connectivity index (χ2v) is 7.52. The van der Waals surface area contributed by atoms with Crippen LogP contribution in [0.3, 0.4) is 0 Å². The number of nitrogens with zero attached hydrogens (tertiary/aromatic N) is 1. The minimum atomic E-state index is 0.496. The Morgan fingerprint density at radius 2 is 1.57 bits per heavy atom. The third kappa shape index (κ3) is 2.73. The monoisotopic (exact) mass is 281 g/mol. The Labute approximate surface area is 129 Å². The molecule has 0 aromatic heterocycles. The van der Waals surface area contributed by atoms with Gasteiger partial charge in [0.15, 0.2) is 0 Å². The van der Waals surface area contributed by atoms with E-state index in [1.807, 2.05) is 12.1 Å². The van der Waals surface area contributed by atoms with Crippen molar-refractivity contribution in [2.24, 2.45) is 5.41 Å². The van der Waals surface area contributed by atoms with E-state index in [-0.39, 0.29) is 0 Å². The minimum absolute atomic E-state index is 0.496. The summed E-state index contributed by atoms with van der Waals surface area (Å²) in [5.41, 5.74) is 3.47. The van der Waals surface area contributed by atoms with Gasteiger partial charge in [0.1, 0.15) is 0 Å². The van der Waals surface area contributed by atoms with Gasteiger partial charge in [-0.3, -0.25) is 0 Å². The van der Waals surface area contributed by atoms with Gasteiger partial charge in [-0.15, -0.1) is 0 Å². The summed E-state index contributed by atoms with van der Waals surface area (Å²) < 4.78 is 0. The van der Waals surface area contributed by atoms with Crippen molar-refractivity contribution in [2.75, 3.05) is 0 Å². The van der Waals surface area contributed by atoms with Crippen LogP contribution in [0, 0.1) is 16.7 Å². The quantitative estimate of drug-likeness (QED) is 0.558. The average Bonchev–Trinajstić information content (AvgIpc) is 2.43. The van der Waals surface area contributed by atoms with Gasteiger partial charge in [0, 0.05) is 0 Å².